The van der Waals surface area contributed by atoms with Gasteiger partial charge in [-0.2, -0.15) is 0 Å². The van der Waals surface area contributed by atoms with E-state index < -0.39 is 23.1 Å². The van der Waals surface area contributed by atoms with E-state index in [-0.39, 0.29) is 0 Å². The van der Waals surface area contributed by atoms with E-state index in [1.807, 2.05) is 13.1 Å². The summed E-state index contributed by atoms with van der Waals surface area (Å²) in [7, 11) is 0. The standard InChI is InChI=1S/C15H15F2N3OS/c1-10-9-18-15(22-10)20-7-5-19(6-8-20)14(21)13-11(16)3-2-4-12(13)17/h2-4,9H,5-8H2,1H3. The minimum atomic E-state index is -0.817. The molecule has 1 aliphatic heterocycles. The predicted octanol–water partition coefficient (Wildman–Crippen LogP) is 2.69. The first kappa shape index (κ1) is 14.9. The number of halogens is 2. The monoisotopic (exact) mass is 323 g/mol. The van der Waals surface area contributed by atoms with Gasteiger partial charge >= 0.3 is 0 Å². The number of nitrogens with zero attached hydrogens (tertiary/aromatic N) is 3. The second kappa shape index (κ2) is 6.00. The molecule has 22 heavy (non-hydrogen) atoms. The molecule has 0 aliphatic carbocycles. The average molecular weight is 323 g/mol. The van der Waals surface area contributed by atoms with Gasteiger partial charge in [-0.05, 0) is 19.1 Å². The molecule has 2 aromatic rings. The Hall–Kier alpha value is -2.02. The Bertz CT molecular complexity index is 676. The molecule has 0 spiro atoms. The Balaban J connectivity index is 1.70. The summed E-state index contributed by atoms with van der Waals surface area (Å²) in [5.74, 6) is -2.23. The highest BCUT2D eigenvalue weighted by Crippen LogP contribution is 2.23. The summed E-state index contributed by atoms with van der Waals surface area (Å²) in [6.07, 6.45) is 1.81. The van der Waals surface area contributed by atoms with Crippen molar-refractivity contribution >= 4 is 22.4 Å². The molecule has 0 bridgehead atoms. The summed E-state index contributed by atoms with van der Waals surface area (Å²) in [6, 6.07) is 3.46. The van der Waals surface area contributed by atoms with E-state index in [0.29, 0.717) is 26.2 Å². The quantitative estimate of drug-likeness (QED) is 0.852. The fourth-order valence-electron chi connectivity index (χ4n) is 2.45. The molecule has 0 atom stereocenters. The van der Waals surface area contributed by atoms with E-state index >= 15 is 0 Å². The van der Waals surface area contributed by atoms with Crippen LogP contribution in [0.3, 0.4) is 0 Å². The van der Waals surface area contributed by atoms with E-state index in [4.69, 9.17) is 0 Å². The van der Waals surface area contributed by atoms with E-state index in [9.17, 15) is 13.6 Å². The predicted molar refractivity (Wildman–Crippen MR) is 81.3 cm³/mol. The van der Waals surface area contributed by atoms with Crippen LogP contribution in [0.5, 0.6) is 0 Å². The number of aryl methyl sites for hydroxylation is 1. The highest BCUT2D eigenvalue weighted by molar-refractivity contribution is 7.15. The number of thiazole rings is 1. The first-order valence-corrected chi connectivity index (χ1v) is 7.78. The zero-order valence-corrected chi connectivity index (χ0v) is 12.9. The second-order valence-corrected chi connectivity index (χ2v) is 6.34. The maximum atomic E-state index is 13.7. The van der Waals surface area contributed by atoms with Crippen molar-refractivity contribution in [2.45, 2.75) is 6.92 Å². The normalized spacial score (nSPS) is 15.2. The summed E-state index contributed by atoms with van der Waals surface area (Å²) in [6.45, 7) is 4.04. The van der Waals surface area contributed by atoms with Gasteiger partial charge in [0.25, 0.3) is 5.91 Å². The van der Waals surface area contributed by atoms with Crippen LogP contribution in [0.15, 0.2) is 24.4 Å². The number of amides is 1. The van der Waals surface area contributed by atoms with Crippen LogP contribution in [0.25, 0.3) is 0 Å². The lowest BCUT2D eigenvalue weighted by atomic mass is 10.1. The Morgan fingerprint density at radius 1 is 1.18 bits per heavy atom. The molecule has 0 unspecified atom stereocenters. The molecule has 2 heterocycles. The van der Waals surface area contributed by atoms with Crippen LogP contribution in [-0.2, 0) is 0 Å². The van der Waals surface area contributed by atoms with Crippen molar-refractivity contribution in [3.63, 3.8) is 0 Å². The molecule has 0 N–H and O–H groups in total. The van der Waals surface area contributed by atoms with E-state index in [0.717, 1.165) is 22.1 Å². The number of hydrogen-bond acceptors (Lipinski definition) is 4. The van der Waals surface area contributed by atoms with Gasteiger partial charge in [-0.3, -0.25) is 4.79 Å². The SMILES string of the molecule is Cc1cnc(N2CCN(C(=O)c3c(F)cccc3F)CC2)s1. The van der Waals surface area contributed by atoms with Crippen molar-refractivity contribution in [1.82, 2.24) is 9.88 Å². The minimum absolute atomic E-state index is 0.422. The molecule has 1 aromatic carbocycles. The topological polar surface area (TPSA) is 36.4 Å². The molecular formula is C15H15F2N3OS. The van der Waals surface area contributed by atoms with Crippen molar-refractivity contribution < 1.29 is 13.6 Å². The number of rotatable bonds is 2. The van der Waals surface area contributed by atoms with E-state index in [2.05, 4.69) is 9.88 Å². The number of aromatic nitrogens is 1. The fourth-order valence-corrected chi connectivity index (χ4v) is 3.26. The fraction of sp³-hybridized carbons (Fsp3) is 0.333. The molecule has 1 saturated heterocycles. The number of anilines is 1. The Labute approximate surface area is 131 Å². The average Bonchev–Trinajstić information content (AvgIpc) is 2.94. The van der Waals surface area contributed by atoms with Crippen LogP contribution in [0.1, 0.15) is 15.2 Å². The van der Waals surface area contributed by atoms with Crippen LogP contribution in [-0.4, -0.2) is 42.0 Å². The second-order valence-electron chi connectivity index (χ2n) is 5.13. The lowest BCUT2D eigenvalue weighted by molar-refractivity contribution is 0.0737. The number of carbonyl (C=O) groups is 1. The highest BCUT2D eigenvalue weighted by atomic mass is 32.1. The number of hydrogen-bond donors (Lipinski definition) is 0. The Morgan fingerprint density at radius 2 is 1.82 bits per heavy atom. The third-order valence-electron chi connectivity index (χ3n) is 3.62. The van der Waals surface area contributed by atoms with Gasteiger partial charge in [0.2, 0.25) is 0 Å². The highest BCUT2D eigenvalue weighted by Gasteiger charge is 2.27. The third kappa shape index (κ3) is 2.81. The largest absolute Gasteiger partial charge is 0.345 e. The zero-order valence-electron chi connectivity index (χ0n) is 12.1. The molecule has 1 amide bonds. The van der Waals surface area contributed by atoms with Gasteiger partial charge in [-0.25, -0.2) is 13.8 Å². The zero-order chi connectivity index (χ0) is 15.7. The van der Waals surface area contributed by atoms with Crippen LogP contribution in [0.2, 0.25) is 0 Å². The molecule has 4 nitrogen and oxygen atoms in total. The van der Waals surface area contributed by atoms with Crippen LogP contribution in [0, 0.1) is 18.6 Å². The number of piperazine rings is 1. The summed E-state index contributed by atoms with van der Waals surface area (Å²) >= 11 is 1.60. The first-order chi connectivity index (χ1) is 10.6. The van der Waals surface area contributed by atoms with Gasteiger partial charge in [0.05, 0.1) is 0 Å². The molecule has 1 aromatic heterocycles. The molecule has 0 radical (unpaired) electrons. The molecule has 1 fully saturated rings. The van der Waals surface area contributed by atoms with Gasteiger partial charge in [0.15, 0.2) is 5.13 Å². The van der Waals surface area contributed by atoms with Gasteiger partial charge in [0.1, 0.15) is 17.2 Å². The molecule has 1 aliphatic rings. The van der Waals surface area contributed by atoms with Crippen molar-refractivity contribution in [2.24, 2.45) is 0 Å². The number of benzene rings is 1. The molecule has 116 valence electrons. The van der Waals surface area contributed by atoms with Crippen molar-refractivity contribution in [3.8, 4) is 0 Å². The minimum Gasteiger partial charge on any atom is -0.345 e. The van der Waals surface area contributed by atoms with Gasteiger partial charge < -0.3 is 9.80 Å². The smallest absolute Gasteiger partial charge is 0.259 e. The summed E-state index contributed by atoms with van der Waals surface area (Å²) in [5, 5.41) is 0.918. The van der Waals surface area contributed by atoms with Crippen molar-refractivity contribution in [1.29, 1.82) is 0 Å². The van der Waals surface area contributed by atoms with Crippen LogP contribution in [0.4, 0.5) is 13.9 Å². The van der Waals surface area contributed by atoms with Gasteiger partial charge in [-0.1, -0.05) is 6.07 Å². The number of carbonyl (C=O) groups excluding carboxylic acids is 1. The summed E-state index contributed by atoms with van der Waals surface area (Å²) in [4.78, 5) is 21.3. The van der Waals surface area contributed by atoms with Crippen molar-refractivity contribution in [2.75, 3.05) is 31.1 Å². The Morgan fingerprint density at radius 3 is 2.36 bits per heavy atom. The molecule has 3 rings (SSSR count). The third-order valence-corrected chi connectivity index (χ3v) is 4.60. The molecule has 7 heteroatoms. The van der Waals surface area contributed by atoms with Gasteiger partial charge in [-0.15, -0.1) is 11.3 Å². The summed E-state index contributed by atoms with van der Waals surface area (Å²) < 4.78 is 27.4. The molecule has 0 saturated carbocycles. The maximum absolute atomic E-state index is 13.7. The van der Waals surface area contributed by atoms with E-state index in [1.54, 1.807) is 11.3 Å². The van der Waals surface area contributed by atoms with Crippen LogP contribution < -0.4 is 4.90 Å². The lowest BCUT2D eigenvalue weighted by Gasteiger charge is -2.34. The van der Waals surface area contributed by atoms with Crippen LogP contribution >= 0.6 is 11.3 Å². The lowest BCUT2D eigenvalue weighted by Crippen LogP contribution is -2.49. The van der Waals surface area contributed by atoms with E-state index in [1.165, 1.54) is 11.0 Å². The summed E-state index contributed by atoms with van der Waals surface area (Å²) in [5.41, 5.74) is -0.471. The Kier molecular flexibility index (Phi) is 4.06. The van der Waals surface area contributed by atoms with Gasteiger partial charge in [0, 0.05) is 37.3 Å². The first-order valence-electron chi connectivity index (χ1n) is 6.97. The van der Waals surface area contributed by atoms with Crippen molar-refractivity contribution in [3.05, 3.63) is 46.5 Å². The molecular weight excluding hydrogens is 308 g/mol. The maximum Gasteiger partial charge on any atom is 0.259 e.